The number of thioether (sulfide) groups is 1. The molecule has 0 fully saturated rings. The van der Waals surface area contributed by atoms with E-state index in [1.54, 1.807) is 23.1 Å². The molecule has 0 aliphatic carbocycles. The highest BCUT2D eigenvalue weighted by atomic mass is 32.2. The number of benzene rings is 1. The Balaban J connectivity index is 1.47. The molecule has 3 aromatic heterocycles. The van der Waals surface area contributed by atoms with Crippen molar-refractivity contribution in [2.75, 3.05) is 0 Å². The zero-order valence-electron chi connectivity index (χ0n) is 18.7. The third-order valence-electron chi connectivity index (χ3n) is 4.84. The largest absolute Gasteiger partial charge is 0.486 e. The molecule has 32 heavy (non-hydrogen) atoms. The van der Waals surface area contributed by atoms with Crippen LogP contribution in [0.25, 0.3) is 10.8 Å². The summed E-state index contributed by atoms with van der Waals surface area (Å²) in [6.45, 7) is 9.70. The van der Waals surface area contributed by atoms with E-state index in [1.165, 1.54) is 5.56 Å². The summed E-state index contributed by atoms with van der Waals surface area (Å²) < 4.78 is 14.0. The first kappa shape index (κ1) is 22.5. The SMILES string of the molecule is CCc1ccc(OCc2nnc(SC(C)c3nnc(-c4cccs4)o3)n2CC(C)C)cc1. The van der Waals surface area contributed by atoms with E-state index in [0.717, 1.165) is 34.6 Å². The van der Waals surface area contributed by atoms with Crippen molar-refractivity contribution in [1.29, 1.82) is 0 Å². The van der Waals surface area contributed by atoms with Crippen molar-refractivity contribution in [1.82, 2.24) is 25.0 Å². The van der Waals surface area contributed by atoms with E-state index in [2.05, 4.69) is 57.9 Å². The van der Waals surface area contributed by atoms with Crippen molar-refractivity contribution in [3.05, 3.63) is 59.1 Å². The summed E-state index contributed by atoms with van der Waals surface area (Å²) in [5.41, 5.74) is 1.29. The Labute approximate surface area is 196 Å². The topological polar surface area (TPSA) is 78.9 Å². The fourth-order valence-electron chi connectivity index (χ4n) is 3.14. The van der Waals surface area contributed by atoms with Crippen LogP contribution in [-0.2, 0) is 19.6 Å². The zero-order valence-corrected chi connectivity index (χ0v) is 20.3. The van der Waals surface area contributed by atoms with Gasteiger partial charge in [0.2, 0.25) is 5.89 Å². The highest BCUT2D eigenvalue weighted by Crippen LogP contribution is 2.35. The minimum Gasteiger partial charge on any atom is -0.486 e. The van der Waals surface area contributed by atoms with Gasteiger partial charge in [-0.1, -0.05) is 50.7 Å². The smallest absolute Gasteiger partial charge is 0.257 e. The van der Waals surface area contributed by atoms with E-state index >= 15 is 0 Å². The molecule has 1 atom stereocenters. The summed E-state index contributed by atoms with van der Waals surface area (Å²) in [5.74, 6) is 3.20. The first-order valence-electron chi connectivity index (χ1n) is 10.7. The molecule has 0 aliphatic rings. The minimum absolute atomic E-state index is 0.0540. The van der Waals surface area contributed by atoms with E-state index in [4.69, 9.17) is 9.15 Å². The lowest BCUT2D eigenvalue weighted by atomic mass is 10.2. The third-order valence-corrected chi connectivity index (χ3v) is 6.77. The molecule has 168 valence electrons. The number of thiophene rings is 1. The number of nitrogens with zero attached hydrogens (tertiary/aromatic N) is 5. The molecule has 0 saturated carbocycles. The Morgan fingerprint density at radius 2 is 1.88 bits per heavy atom. The molecule has 0 amide bonds. The van der Waals surface area contributed by atoms with Gasteiger partial charge in [0.1, 0.15) is 12.4 Å². The van der Waals surface area contributed by atoms with Gasteiger partial charge in [-0.15, -0.1) is 31.7 Å². The van der Waals surface area contributed by atoms with Crippen LogP contribution in [0.15, 0.2) is 51.4 Å². The van der Waals surface area contributed by atoms with Crippen LogP contribution in [0.4, 0.5) is 0 Å². The molecule has 1 aromatic carbocycles. The molecule has 0 aliphatic heterocycles. The maximum Gasteiger partial charge on any atom is 0.257 e. The second-order valence-corrected chi connectivity index (χ2v) is 10.1. The van der Waals surface area contributed by atoms with Crippen molar-refractivity contribution >= 4 is 23.1 Å². The summed E-state index contributed by atoms with van der Waals surface area (Å²) in [7, 11) is 0. The first-order valence-corrected chi connectivity index (χ1v) is 12.5. The first-order chi connectivity index (χ1) is 15.5. The number of hydrogen-bond donors (Lipinski definition) is 0. The molecule has 0 spiro atoms. The lowest BCUT2D eigenvalue weighted by molar-refractivity contribution is 0.284. The van der Waals surface area contributed by atoms with Crippen LogP contribution in [0, 0.1) is 5.92 Å². The maximum atomic E-state index is 5.99. The number of ether oxygens (including phenoxy) is 1. The minimum atomic E-state index is -0.0540. The third kappa shape index (κ3) is 5.39. The Morgan fingerprint density at radius 1 is 1.06 bits per heavy atom. The molecular formula is C23H27N5O2S2. The van der Waals surface area contributed by atoms with Crippen LogP contribution < -0.4 is 4.74 Å². The quantitative estimate of drug-likeness (QED) is 0.262. The zero-order chi connectivity index (χ0) is 22.5. The average Bonchev–Trinajstić information content (AvgIpc) is 3.54. The molecule has 9 heteroatoms. The van der Waals surface area contributed by atoms with E-state index in [0.29, 0.717) is 24.3 Å². The van der Waals surface area contributed by atoms with Crippen LogP contribution in [0.1, 0.15) is 50.2 Å². The van der Waals surface area contributed by atoms with Crippen LogP contribution >= 0.6 is 23.1 Å². The fraction of sp³-hybridized carbons (Fsp3) is 0.391. The van der Waals surface area contributed by atoms with Crippen LogP contribution in [0.5, 0.6) is 5.75 Å². The van der Waals surface area contributed by atoms with E-state index in [1.807, 2.05) is 36.6 Å². The van der Waals surface area contributed by atoms with Gasteiger partial charge < -0.3 is 13.7 Å². The molecule has 1 unspecified atom stereocenters. The highest BCUT2D eigenvalue weighted by Gasteiger charge is 2.22. The standard InChI is InChI=1S/C23H27N5O2S2/c1-5-17-8-10-18(11-9-17)29-14-20-24-27-23(28(20)13-15(2)3)32-16(4)21-25-26-22(30-21)19-7-6-12-31-19/h6-12,15-16H,5,13-14H2,1-4H3. The number of hydrogen-bond acceptors (Lipinski definition) is 8. The van der Waals surface area contributed by atoms with Gasteiger partial charge in [0.25, 0.3) is 5.89 Å². The Kier molecular flexibility index (Phi) is 7.26. The van der Waals surface area contributed by atoms with Gasteiger partial charge in [0.05, 0.1) is 10.1 Å². The van der Waals surface area contributed by atoms with Gasteiger partial charge in [0, 0.05) is 6.54 Å². The van der Waals surface area contributed by atoms with Crippen molar-refractivity contribution in [3.63, 3.8) is 0 Å². The Hall–Kier alpha value is -2.65. The van der Waals surface area contributed by atoms with Crippen molar-refractivity contribution in [2.24, 2.45) is 5.92 Å². The van der Waals surface area contributed by atoms with Gasteiger partial charge in [-0.25, -0.2) is 0 Å². The molecule has 4 rings (SSSR count). The molecule has 0 N–H and O–H groups in total. The summed E-state index contributed by atoms with van der Waals surface area (Å²) in [6, 6.07) is 12.1. The maximum absolute atomic E-state index is 5.99. The molecule has 0 bridgehead atoms. The molecule has 7 nitrogen and oxygen atoms in total. The second kappa shape index (κ2) is 10.3. The van der Waals surface area contributed by atoms with Crippen molar-refractivity contribution in [2.45, 2.75) is 57.7 Å². The van der Waals surface area contributed by atoms with Gasteiger partial charge in [0.15, 0.2) is 11.0 Å². The summed E-state index contributed by atoms with van der Waals surface area (Å²) in [5, 5.41) is 20.0. The Morgan fingerprint density at radius 3 is 2.56 bits per heavy atom. The molecular weight excluding hydrogens is 442 g/mol. The van der Waals surface area contributed by atoms with Crippen LogP contribution in [0.3, 0.4) is 0 Å². The predicted octanol–water partition coefficient (Wildman–Crippen LogP) is 6.04. The van der Waals surface area contributed by atoms with E-state index in [-0.39, 0.29) is 5.25 Å². The van der Waals surface area contributed by atoms with Crippen LogP contribution in [-0.4, -0.2) is 25.0 Å². The molecule has 0 saturated heterocycles. The van der Waals surface area contributed by atoms with E-state index < -0.39 is 0 Å². The van der Waals surface area contributed by atoms with Gasteiger partial charge in [-0.05, 0) is 48.4 Å². The molecule has 3 heterocycles. The molecule has 0 radical (unpaired) electrons. The monoisotopic (exact) mass is 469 g/mol. The van der Waals surface area contributed by atoms with Crippen LogP contribution in [0.2, 0.25) is 0 Å². The summed E-state index contributed by atoms with van der Waals surface area (Å²) in [4.78, 5) is 0.968. The van der Waals surface area contributed by atoms with Gasteiger partial charge >= 0.3 is 0 Å². The number of aromatic nitrogens is 5. The van der Waals surface area contributed by atoms with Gasteiger partial charge in [-0.2, -0.15) is 0 Å². The molecule has 4 aromatic rings. The fourth-order valence-corrected chi connectivity index (χ4v) is 4.69. The van der Waals surface area contributed by atoms with Crippen molar-refractivity contribution < 1.29 is 9.15 Å². The number of rotatable bonds is 10. The lowest BCUT2D eigenvalue weighted by Gasteiger charge is -2.14. The lowest BCUT2D eigenvalue weighted by Crippen LogP contribution is -2.12. The second-order valence-electron chi connectivity index (χ2n) is 7.87. The normalized spacial score (nSPS) is 12.4. The van der Waals surface area contributed by atoms with Gasteiger partial charge in [-0.3, -0.25) is 0 Å². The number of aryl methyl sites for hydroxylation is 1. The highest BCUT2D eigenvalue weighted by molar-refractivity contribution is 7.99. The Bertz CT molecular complexity index is 1120. The summed E-state index contributed by atoms with van der Waals surface area (Å²) >= 11 is 3.14. The van der Waals surface area contributed by atoms with Crippen molar-refractivity contribution in [3.8, 4) is 16.5 Å². The predicted molar refractivity (Wildman–Crippen MR) is 127 cm³/mol. The summed E-state index contributed by atoms with van der Waals surface area (Å²) in [6.07, 6.45) is 1.01. The van der Waals surface area contributed by atoms with E-state index in [9.17, 15) is 0 Å². The average molecular weight is 470 g/mol.